The molecular weight excluding hydrogens is 276 g/mol. The molecule has 0 N–H and O–H groups in total. The van der Waals surface area contributed by atoms with E-state index in [0.717, 1.165) is 28.2 Å². The number of nitrogens with zero attached hydrogens (tertiary/aromatic N) is 4. The highest BCUT2D eigenvalue weighted by atomic mass is 79.9. The van der Waals surface area contributed by atoms with Crippen molar-refractivity contribution in [1.82, 2.24) is 15.1 Å². The Hall–Kier alpha value is -0.200. The molecule has 2 saturated heterocycles. The Labute approximate surface area is 101 Å². The van der Waals surface area contributed by atoms with Crippen molar-refractivity contribution in [2.24, 2.45) is 0 Å². The summed E-state index contributed by atoms with van der Waals surface area (Å²) in [7, 11) is 0. The Morgan fingerprint density at radius 1 is 1.27 bits per heavy atom. The third-order valence-electron chi connectivity index (χ3n) is 3.25. The van der Waals surface area contributed by atoms with Crippen LogP contribution in [0, 0.1) is 0 Å². The van der Waals surface area contributed by atoms with Crippen LogP contribution in [0.15, 0.2) is 3.92 Å². The summed E-state index contributed by atoms with van der Waals surface area (Å²) in [5, 5.41) is 9.25. The standard InChI is InChI=1S/C9H13BrN4S/c10-8-11-12-9(15-8)14-5-4-13-3-1-2-7(13)6-14/h7H,1-6H2. The van der Waals surface area contributed by atoms with E-state index in [2.05, 4.69) is 35.9 Å². The minimum absolute atomic E-state index is 0.751. The summed E-state index contributed by atoms with van der Waals surface area (Å²) in [6, 6.07) is 0.751. The lowest BCUT2D eigenvalue weighted by Crippen LogP contribution is -2.50. The van der Waals surface area contributed by atoms with Crippen LogP contribution in [-0.2, 0) is 0 Å². The molecule has 0 radical (unpaired) electrons. The molecular formula is C9H13BrN4S. The lowest BCUT2D eigenvalue weighted by molar-refractivity contribution is 0.231. The van der Waals surface area contributed by atoms with Crippen LogP contribution in [-0.4, -0.2) is 47.3 Å². The van der Waals surface area contributed by atoms with Gasteiger partial charge in [0.25, 0.3) is 0 Å². The molecule has 1 atom stereocenters. The predicted octanol–water partition coefficient (Wildman–Crippen LogP) is 1.58. The first-order valence-corrected chi connectivity index (χ1v) is 6.92. The summed E-state index contributed by atoms with van der Waals surface area (Å²) in [4.78, 5) is 4.97. The zero-order chi connectivity index (χ0) is 10.3. The molecule has 82 valence electrons. The molecule has 1 aromatic rings. The lowest BCUT2D eigenvalue weighted by Gasteiger charge is -2.37. The quantitative estimate of drug-likeness (QED) is 0.786. The Morgan fingerprint density at radius 2 is 2.20 bits per heavy atom. The monoisotopic (exact) mass is 288 g/mol. The maximum absolute atomic E-state index is 4.18. The van der Waals surface area contributed by atoms with Crippen molar-refractivity contribution in [3.8, 4) is 0 Å². The van der Waals surface area contributed by atoms with Crippen molar-refractivity contribution in [2.75, 3.05) is 31.1 Å². The van der Waals surface area contributed by atoms with Gasteiger partial charge in [0.2, 0.25) is 5.13 Å². The van der Waals surface area contributed by atoms with Gasteiger partial charge < -0.3 is 4.90 Å². The van der Waals surface area contributed by atoms with Gasteiger partial charge in [0.1, 0.15) is 0 Å². The summed E-state index contributed by atoms with van der Waals surface area (Å²) >= 11 is 4.99. The topological polar surface area (TPSA) is 32.3 Å². The van der Waals surface area contributed by atoms with Gasteiger partial charge in [-0.05, 0) is 35.3 Å². The molecule has 2 aliphatic rings. The molecule has 0 amide bonds. The summed E-state index contributed by atoms with van der Waals surface area (Å²) in [5.74, 6) is 0. The van der Waals surface area contributed by atoms with E-state index in [1.54, 1.807) is 11.3 Å². The molecule has 1 aromatic heterocycles. The van der Waals surface area contributed by atoms with E-state index < -0.39 is 0 Å². The molecule has 3 rings (SSSR count). The minimum Gasteiger partial charge on any atom is -0.344 e. The number of rotatable bonds is 1. The second kappa shape index (κ2) is 3.99. The molecule has 15 heavy (non-hydrogen) atoms. The molecule has 6 heteroatoms. The highest BCUT2D eigenvalue weighted by molar-refractivity contribution is 9.11. The fourth-order valence-electron chi connectivity index (χ4n) is 2.49. The molecule has 0 aromatic carbocycles. The van der Waals surface area contributed by atoms with E-state index in [0.29, 0.717) is 0 Å². The van der Waals surface area contributed by atoms with Crippen LogP contribution in [0.2, 0.25) is 0 Å². The van der Waals surface area contributed by atoms with Crippen LogP contribution in [0.25, 0.3) is 0 Å². The van der Waals surface area contributed by atoms with Crippen LogP contribution in [0.4, 0.5) is 5.13 Å². The number of hydrogen-bond acceptors (Lipinski definition) is 5. The Balaban J connectivity index is 1.73. The van der Waals surface area contributed by atoms with Gasteiger partial charge in [0, 0.05) is 25.7 Å². The molecule has 1 unspecified atom stereocenters. The normalized spacial score (nSPS) is 27.0. The van der Waals surface area contributed by atoms with Gasteiger partial charge in [0.15, 0.2) is 3.92 Å². The second-order valence-electron chi connectivity index (χ2n) is 4.12. The molecule has 2 aliphatic heterocycles. The average Bonchev–Trinajstić information content (AvgIpc) is 2.84. The fraction of sp³-hybridized carbons (Fsp3) is 0.778. The Bertz CT molecular complexity index is 356. The van der Waals surface area contributed by atoms with Crippen molar-refractivity contribution >= 4 is 32.4 Å². The van der Waals surface area contributed by atoms with Crippen molar-refractivity contribution in [1.29, 1.82) is 0 Å². The first-order chi connectivity index (χ1) is 7.33. The van der Waals surface area contributed by atoms with E-state index in [-0.39, 0.29) is 0 Å². The van der Waals surface area contributed by atoms with Gasteiger partial charge in [-0.25, -0.2) is 0 Å². The minimum atomic E-state index is 0.751. The molecule has 0 saturated carbocycles. The molecule has 4 nitrogen and oxygen atoms in total. The SMILES string of the molecule is Brc1nnc(N2CCN3CCCC3C2)s1. The van der Waals surface area contributed by atoms with Gasteiger partial charge in [-0.2, -0.15) is 0 Å². The zero-order valence-corrected chi connectivity index (χ0v) is 10.8. The van der Waals surface area contributed by atoms with E-state index >= 15 is 0 Å². The number of hydrogen-bond donors (Lipinski definition) is 0. The first-order valence-electron chi connectivity index (χ1n) is 5.31. The van der Waals surface area contributed by atoms with Crippen LogP contribution < -0.4 is 4.90 Å². The molecule has 0 aliphatic carbocycles. The van der Waals surface area contributed by atoms with E-state index in [4.69, 9.17) is 0 Å². The summed E-state index contributed by atoms with van der Waals surface area (Å²) in [6.07, 6.45) is 2.70. The van der Waals surface area contributed by atoms with Gasteiger partial charge in [-0.1, -0.05) is 11.3 Å². The molecule has 0 spiro atoms. The van der Waals surface area contributed by atoms with Gasteiger partial charge in [0.05, 0.1) is 0 Å². The van der Waals surface area contributed by atoms with Crippen LogP contribution >= 0.6 is 27.3 Å². The zero-order valence-electron chi connectivity index (χ0n) is 8.40. The van der Waals surface area contributed by atoms with E-state index in [1.165, 1.54) is 25.9 Å². The second-order valence-corrected chi connectivity index (χ2v) is 6.35. The number of anilines is 1. The average molecular weight is 289 g/mol. The van der Waals surface area contributed by atoms with Gasteiger partial charge in [-0.15, -0.1) is 10.2 Å². The van der Waals surface area contributed by atoms with Crippen molar-refractivity contribution < 1.29 is 0 Å². The van der Waals surface area contributed by atoms with Crippen LogP contribution in [0.5, 0.6) is 0 Å². The largest absolute Gasteiger partial charge is 0.344 e. The van der Waals surface area contributed by atoms with Crippen molar-refractivity contribution in [3.05, 3.63) is 3.92 Å². The number of aromatic nitrogens is 2. The predicted molar refractivity (Wildman–Crippen MR) is 64.4 cm³/mol. The Kier molecular flexibility index (Phi) is 2.66. The number of fused-ring (bicyclic) bond motifs is 1. The van der Waals surface area contributed by atoms with Crippen LogP contribution in [0.1, 0.15) is 12.8 Å². The summed E-state index contributed by atoms with van der Waals surface area (Å²) in [5.41, 5.74) is 0. The number of piperazine rings is 1. The fourth-order valence-corrected chi connectivity index (χ4v) is 3.61. The Morgan fingerprint density at radius 3 is 3.00 bits per heavy atom. The van der Waals surface area contributed by atoms with E-state index in [9.17, 15) is 0 Å². The van der Waals surface area contributed by atoms with Crippen LogP contribution in [0.3, 0.4) is 0 Å². The molecule has 0 bridgehead atoms. The smallest absolute Gasteiger partial charge is 0.209 e. The third-order valence-corrected chi connectivity index (χ3v) is 4.66. The molecule has 3 heterocycles. The molecule has 2 fully saturated rings. The van der Waals surface area contributed by atoms with Crippen molar-refractivity contribution in [2.45, 2.75) is 18.9 Å². The first kappa shape index (κ1) is 9.99. The number of halogens is 1. The van der Waals surface area contributed by atoms with Gasteiger partial charge in [-0.3, -0.25) is 4.90 Å². The lowest BCUT2D eigenvalue weighted by atomic mass is 10.2. The summed E-state index contributed by atoms with van der Waals surface area (Å²) < 4.78 is 0.881. The highest BCUT2D eigenvalue weighted by Gasteiger charge is 2.31. The van der Waals surface area contributed by atoms with Crippen molar-refractivity contribution in [3.63, 3.8) is 0 Å². The van der Waals surface area contributed by atoms with Gasteiger partial charge >= 0.3 is 0 Å². The third kappa shape index (κ3) is 1.90. The van der Waals surface area contributed by atoms with E-state index in [1.807, 2.05) is 0 Å². The summed E-state index contributed by atoms with van der Waals surface area (Å²) in [6.45, 7) is 4.69. The maximum atomic E-state index is 4.18. The highest BCUT2D eigenvalue weighted by Crippen LogP contribution is 2.28. The maximum Gasteiger partial charge on any atom is 0.209 e.